The minimum atomic E-state index is 0.494. The summed E-state index contributed by atoms with van der Waals surface area (Å²) in [5.74, 6) is 1.56. The minimum Gasteiger partial charge on any atom is -0.491 e. The van der Waals surface area contributed by atoms with Gasteiger partial charge in [-0.25, -0.2) is 0 Å². The van der Waals surface area contributed by atoms with E-state index in [1.165, 1.54) is 18.4 Å². The van der Waals surface area contributed by atoms with Crippen LogP contribution in [-0.2, 0) is 11.3 Å². The molecular formula is C18H31NO2. The van der Waals surface area contributed by atoms with Crippen molar-refractivity contribution in [2.45, 2.75) is 53.1 Å². The molecule has 0 aliphatic heterocycles. The van der Waals surface area contributed by atoms with Gasteiger partial charge in [-0.05, 0) is 30.0 Å². The SMILES string of the molecule is CCCC(C)COCCOc1cccc(CNC(C)C)c1. The van der Waals surface area contributed by atoms with Crippen molar-refractivity contribution in [1.82, 2.24) is 5.32 Å². The Labute approximate surface area is 130 Å². The molecular weight excluding hydrogens is 262 g/mol. The molecule has 1 aromatic rings. The standard InChI is InChI=1S/C18H31NO2/c1-5-7-16(4)14-20-10-11-21-18-9-6-8-17(12-18)13-19-15(2)3/h6,8-9,12,15-16,19H,5,7,10-11,13-14H2,1-4H3. The van der Waals surface area contributed by atoms with Crippen LogP contribution in [0.2, 0.25) is 0 Å². The van der Waals surface area contributed by atoms with E-state index in [9.17, 15) is 0 Å². The van der Waals surface area contributed by atoms with E-state index in [1.807, 2.05) is 12.1 Å². The van der Waals surface area contributed by atoms with Crippen molar-refractivity contribution in [3.63, 3.8) is 0 Å². The van der Waals surface area contributed by atoms with Crippen LogP contribution in [0.4, 0.5) is 0 Å². The Hall–Kier alpha value is -1.06. The molecule has 0 radical (unpaired) electrons. The van der Waals surface area contributed by atoms with Gasteiger partial charge in [0.15, 0.2) is 0 Å². The zero-order valence-electron chi connectivity index (χ0n) is 14.0. The number of hydrogen-bond donors (Lipinski definition) is 1. The Balaban J connectivity index is 2.21. The maximum absolute atomic E-state index is 5.74. The zero-order chi connectivity index (χ0) is 15.5. The molecule has 0 amide bonds. The molecule has 0 saturated heterocycles. The summed E-state index contributed by atoms with van der Waals surface area (Å²) in [7, 11) is 0. The van der Waals surface area contributed by atoms with E-state index in [-0.39, 0.29) is 0 Å². The van der Waals surface area contributed by atoms with Crippen molar-refractivity contribution in [3.05, 3.63) is 29.8 Å². The van der Waals surface area contributed by atoms with E-state index in [2.05, 4.69) is 45.1 Å². The molecule has 0 aromatic heterocycles. The summed E-state index contributed by atoms with van der Waals surface area (Å²) < 4.78 is 11.4. The highest BCUT2D eigenvalue weighted by molar-refractivity contribution is 5.28. The third-order valence-corrected chi connectivity index (χ3v) is 3.29. The van der Waals surface area contributed by atoms with Crippen molar-refractivity contribution in [2.24, 2.45) is 5.92 Å². The van der Waals surface area contributed by atoms with Gasteiger partial charge in [0.25, 0.3) is 0 Å². The predicted octanol–water partition coefficient (Wildman–Crippen LogP) is 4.02. The normalized spacial score (nSPS) is 12.6. The van der Waals surface area contributed by atoms with Crippen LogP contribution in [-0.4, -0.2) is 25.9 Å². The van der Waals surface area contributed by atoms with Gasteiger partial charge in [-0.2, -0.15) is 0 Å². The molecule has 0 bridgehead atoms. The molecule has 1 N–H and O–H groups in total. The van der Waals surface area contributed by atoms with Crippen molar-refractivity contribution >= 4 is 0 Å². The fourth-order valence-electron chi connectivity index (χ4n) is 2.15. The molecule has 0 saturated carbocycles. The first-order valence-corrected chi connectivity index (χ1v) is 8.14. The Bertz CT molecular complexity index is 379. The minimum absolute atomic E-state index is 0.494. The van der Waals surface area contributed by atoms with E-state index in [0.717, 1.165) is 18.9 Å². The summed E-state index contributed by atoms with van der Waals surface area (Å²) in [6.45, 7) is 11.7. The second kappa shape index (κ2) is 10.6. The summed E-state index contributed by atoms with van der Waals surface area (Å²) in [6.07, 6.45) is 2.45. The van der Waals surface area contributed by atoms with Crippen LogP contribution >= 0.6 is 0 Å². The Kier molecular flexibility index (Phi) is 9.11. The van der Waals surface area contributed by atoms with Crippen molar-refractivity contribution in [3.8, 4) is 5.75 Å². The number of ether oxygens (including phenoxy) is 2. The van der Waals surface area contributed by atoms with Gasteiger partial charge in [0.1, 0.15) is 12.4 Å². The predicted molar refractivity (Wildman–Crippen MR) is 88.8 cm³/mol. The van der Waals surface area contributed by atoms with Gasteiger partial charge in [0.2, 0.25) is 0 Å². The van der Waals surface area contributed by atoms with Gasteiger partial charge < -0.3 is 14.8 Å². The Morgan fingerprint density at radius 3 is 2.67 bits per heavy atom. The Morgan fingerprint density at radius 2 is 1.95 bits per heavy atom. The van der Waals surface area contributed by atoms with Crippen molar-refractivity contribution < 1.29 is 9.47 Å². The molecule has 0 fully saturated rings. The van der Waals surface area contributed by atoms with E-state index in [1.54, 1.807) is 0 Å². The van der Waals surface area contributed by atoms with Gasteiger partial charge in [-0.3, -0.25) is 0 Å². The molecule has 1 rings (SSSR count). The van der Waals surface area contributed by atoms with E-state index in [4.69, 9.17) is 9.47 Å². The first-order valence-electron chi connectivity index (χ1n) is 8.14. The first kappa shape index (κ1) is 18.0. The lowest BCUT2D eigenvalue weighted by Gasteiger charge is -2.12. The number of hydrogen-bond acceptors (Lipinski definition) is 3. The fourth-order valence-corrected chi connectivity index (χ4v) is 2.15. The van der Waals surface area contributed by atoms with E-state index < -0.39 is 0 Å². The van der Waals surface area contributed by atoms with Crippen LogP contribution in [0, 0.1) is 5.92 Å². The molecule has 0 aliphatic carbocycles. The molecule has 3 nitrogen and oxygen atoms in total. The largest absolute Gasteiger partial charge is 0.491 e. The average Bonchev–Trinajstić information content (AvgIpc) is 2.45. The maximum Gasteiger partial charge on any atom is 0.119 e. The molecule has 1 atom stereocenters. The number of rotatable bonds is 11. The highest BCUT2D eigenvalue weighted by atomic mass is 16.5. The lowest BCUT2D eigenvalue weighted by Crippen LogP contribution is -2.21. The van der Waals surface area contributed by atoms with Gasteiger partial charge >= 0.3 is 0 Å². The molecule has 1 aromatic carbocycles. The first-order chi connectivity index (χ1) is 10.1. The van der Waals surface area contributed by atoms with Crippen LogP contribution in [0.25, 0.3) is 0 Å². The number of nitrogens with one attached hydrogen (secondary N) is 1. The van der Waals surface area contributed by atoms with E-state index >= 15 is 0 Å². The van der Waals surface area contributed by atoms with Crippen LogP contribution < -0.4 is 10.1 Å². The quantitative estimate of drug-likeness (QED) is 0.625. The fraction of sp³-hybridized carbons (Fsp3) is 0.667. The lowest BCUT2D eigenvalue weighted by atomic mass is 10.1. The summed E-state index contributed by atoms with van der Waals surface area (Å²) in [5, 5.41) is 3.41. The van der Waals surface area contributed by atoms with Crippen molar-refractivity contribution in [1.29, 1.82) is 0 Å². The average molecular weight is 293 g/mol. The Morgan fingerprint density at radius 1 is 1.14 bits per heavy atom. The highest BCUT2D eigenvalue weighted by Gasteiger charge is 2.01. The van der Waals surface area contributed by atoms with Gasteiger partial charge in [-0.15, -0.1) is 0 Å². The zero-order valence-corrected chi connectivity index (χ0v) is 14.0. The third kappa shape index (κ3) is 8.74. The summed E-state index contributed by atoms with van der Waals surface area (Å²) in [4.78, 5) is 0. The summed E-state index contributed by atoms with van der Waals surface area (Å²) >= 11 is 0. The number of benzene rings is 1. The molecule has 3 heteroatoms. The monoisotopic (exact) mass is 293 g/mol. The maximum atomic E-state index is 5.74. The lowest BCUT2D eigenvalue weighted by molar-refractivity contribution is 0.0758. The molecule has 21 heavy (non-hydrogen) atoms. The van der Waals surface area contributed by atoms with E-state index in [0.29, 0.717) is 25.2 Å². The van der Waals surface area contributed by atoms with Gasteiger partial charge in [0.05, 0.1) is 6.61 Å². The van der Waals surface area contributed by atoms with Crippen LogP contribution in [0.1, 0.15) is 46.1 Å². The van der Waals surface area contributed by atoms with Crippen LogP contribution in [0.5, 0.6) is 5.75 Å². The molecule has 1 unspecified atom stereocenters. The van der Waals surface area contributed by atoms with Gasteiger partial charge in [0, 0.05) is 19.2 Å². The molecule has 0 spiro atoms. The third-order valence-electron chi connectivity index (χ3n) is 3.29. The molecule has 120 valence electrons. The van der Waals surface area contributed by atoms with Crippen LogP contribution in [0.3, 0.4) is 0 Å². The topological polar surface area (TPSA) is 30.5 Å². The van der Waals surface area contributed by atoms with Gasteiger partial charge in [-0.1, -0.05) is 46.2 Å². The highest BCUT2D eigenvalue weighted by Crippen LogP contribution is 2.13. The second-order valence-corrected chi connectivity index (χ2v) is 6.00. The summed E-state index contributed by atoms with van der Waals surface area (Å²) in [6, 6.07) is 8.74. The second-order valence-electron chi connectivity index (χ2n) is 6.00. The summed E-state index contributed by atoms with van der Waals surface area (Å²) in [5.41, 5.74) is 1.25. The van der Waals surface area contributed by atoms with Crippen LogP contribution in [0.15, 0.2) is 24.3 Å². The molecule has 0 heterocycles. The molecule has 0 aliphatic rings. The van der Waals surface area contributed by atoms with Crippen molar-refractivity contribution in [2.75, 3.05) is 19.8 Å². The smallest absolute Gasteiger partial charge is 0.119 e.